The van der Waals surface area contributed by atoms with Crippen LogP contribution in [0.1, 0.15) is 52.9 Å². The topological polar surface area (TPSA) is 52.0 Å². The fraction of sp³-hybridized carbons (Fsp3) is 0.857. The van der Waals surface area contributed by atoms with Crippen molar-refractivity contribution in [2.24, 2.45) is 0 Å². The van der Waals surface area contributed by atoms with E-state index in [4.69, 9.17) is 4.74 Å². The Hall–Kier alpha value is -0.940. The molecule has 0 aliphatic heterocycles. The number of hydrogen-bond acceptors (Lipinski definition) is 4. The smallest absolute Gasteiger partial charge is 0.138 e. The van der Waals surface area contributed by atoms with Crippen molar-refractivity contribution in [1.29, 1.82) is 0 Å². The molecule has 0 fully saturated rings. The molecule has 0 aromatic carbocycles. The van der Waals surface area contributed by atoms with Crippen LogP contribution in [0.3, 0.4) is 0 Å². The zero-order valence-corrected chi connectivity index (χ0v) is 13.1. The second-order valence-corrected chi connectivity index (χ2v) is 5.36. The Labute approximate surface area is 116 Å². The molecule has 1 aromatic heterocycles. The number of likely N-dealkylation sites (N-methyl/N-ethyl adjacent to an activating group) is 1. The number of nitrogens with zero attached hydrogens (tertiary/aromatic N) is 3. The lowest BCUT2D eigenvalue weighted by atomic mass is 9.90. The van der Waals surface area contributed by atoms with Crippen molar-refractivity contribution in [3.05, 3.63) is 12.2 Å². The van der Waals surface area contributed by atoms with E-state index in [1.54, 1.807) is 6.33 Å². The van der Waals surface area contributed by atoms with Crippen LogP contribution in [-0.4, -0.2) is 40.1 Å². The van der Waals surface area contributed by atoms with Crippen LogP contribution in [0.2, 0.25) is 0 Å². The van der Waals surface area contributed by atoms with Crippen LogP contribution in [0.15, 0.2) is 6.33 Å². The van der Waals surface area contributed by atoms with E-state index in [0.29, 0.717) is 6.04 Å². The summed E-state index contributed by atoms with van der Waals surface area (Å²) in [5, 5.41) is 7.67. The van der Waals surface area contributed by atoms with Gasteiger partial charge in [-0.2, -0.15) is 5.10 Å². The molecule has 0 saturated heterocycles. The van der Waals surface area contributed by atoms with Crippen molar-refractivity contribution in [3.8, 4) is 0 Å². The van der Waals surface area contributed by atoms with Crippen LogP contribution in [0.4, 0.5) is 0 Å². The van der Waals surface area contributed by atoms with Crippen molar-refractivity contribution < 1.29 is 4.74 Å². The molecule has 2 atom stereocenters. The number of rotatable bonds is 8. The molecule has 0 aliphatic rings. The minimum absolute atomic E-state index is 0.183. The summed E-state index contributed by atoms with van der Waals surface area (Å²) in [7, 11) is 1.98. The summed E-state index contributed by atoms with van der Waals surface area (Å²) in [4.78, 5) is 4.39. The van der Waals surface area contributed by atoms with Crippen molar-refractivity contribution in [2.45, 2.75) is 65.1 Å². The first-order valence-electron chi connectivity index (χ1n) is 7.18. The third kappa shape index (κ3) is 3.76. The van der Waals surface area contributed by atoms with Crippen LogP contribution in [0.25, 0.3) is 0 Å². The average Bonchev–Trinajstić information content (AvgIpc) is 2.84. The highest BCUT2D eigenvalue weighted by Crippen LogP contribution is 2.23. The van der Waals surface area contributed by atoms with E-state index in [2.05, 4.69) is 43.1 Å². The fourth-order valence-corrected chi connectivity index (χ4v) is 2.44. The molecule has 1 aromatic rings. The maximum absolute atomic E-state index is 5.96. The second kappa shape index (κ2) is 7.01. The molecule has 1 heterocycles. The molecule has 0 aliphatic carbocycles. The van der Waals surface area contributed by atoms with Crippen LogP contribution < -0.4 is 5.32 Å². The first-order valence-corrected chi connectivity index (χ1v) is 7.18. The molecule has 0 amide bonds. The van der Waals surface area contributed by atoms with Crippen molar-refractivity contribution in [3.63, 3.8) is 0 Å². The van der Waals surface area contributed by atoms with Gasteiger partial charge in [-0.15, -0.1) is 0 Å². The van der Waals surface area contributed by atoms with E-state index in [9.17, 15) is 0 Å². The molecule has 0 bridgehead atoms. The lowest BCUT2D eigenvalue weighted by molar-refractivity contribution is -0.0540. The van der Waals surface area contributed by atoms with E-state index >= 15 is 0 Å². The Morgan fingerprint density at radius 1 is 1.42 bits per heavy atom. The van der Waals surface area contributed by atoms with E-state index in [1.165, 1.54) is 0 Å². The van der Waals surface area contributed by atoms with Gasteiger partial charge in [-0.25, -0.2) is 9.67 Å². The summed E-state index contributed by atoms with van der Waals surface area (Å²) in [6.45, 7) is 11.3. The highest BCUT2D eigenvalue weighted by molar-refractivity contribution is 4.98. The number of nitrogens with one attached hydrogen (secondary N) is 1. The number of aromatic nitrogens is 3. The largest absolute Gasteiger partial charge is 0.374 e. The average molecular weight is 268 g/mol. The molecule has 0 saturated carbocycles. The Morgan fingerprint density at radius 3 is 2.58 bits per heavy atom. The van der Waals surface area contributed by atoms with Gasteiger partial charge in [0.05, 0.1) is 5.60 Å². The van der Waals surface area contributed by atoms with Gasteiger partial charge in [0, 0.05) is 25.1 Å². The summed E-state index contributed by atoms with van der Waals surface area (Å²) in [5.74, 6) is 1.01. The summed E-state index contributed by atoms with van der Waals surface area (Å²) in [5.41, 5.74) is -0.183. The summed E-state index contributed by atoms with van der Waals surface area (Å²) in [6, 6.07) is 0.550. The summed E-state index contributed by atoms with van der Waals surface area (Å²) in [6.07, 6.45) is 3.41. The SMILES string of the molecule is CCOC(C)(CC)C(Cc1ncnn1C(C)C)NC. The van der Waals surface area contributed by atoms with Crippen LogP contribution >= 0.6 is 0 Å². The van der Waals surface area contributed by atoms with Crippen molar-refractivity contribution in [2.75, 3.05) is 13.7 Å². The van der Waals surface area contributed by atoms with E-state index in [0.717, 1.165) is 25.3 Å². The first-order chi connectivity index (χ1) is 8.98. The first kappa shape index (κ1) is 16.1. The predicted molar refractivity (Wildman–Crippen MR) is 77.3 cm³/mol. The molecular weight excluding hydrogens is 240 g/mol. The van der Waals surface area contributed by atoms with Gasteiger partial charge in [0.2, 0.25) is 0 Å². The van der Waals surface area contributed by atoms with Gasteiger partial charge in [0.1, 0.15) is 12.2 Å². The van der Waals surface area contributed by atoms with Gasteiger partial charge in [-0.05, 0) is 41.2 Å². The van der Waals surface area contributed by atoms with Gasteiger partial charge in [0.25, 0.3) is 0 Å². The van der Waals surface area contributed by atoms with Gasteiger partial charge in [0.15, 0.2) is 0 Å². The number of ether oxygens (including phenoxy) is 1. The lowest BCUT2D eigenvalue weighted by Gasteiger charge is -2.36. The van der Waals surface area contributed by atoms with Gasteiger partial charge < -0.3 is 10.1 Å². The van der Waals surface area contributed by atoms with E-state index in [1.807, 2.05) is 18.7 Å². The normalized spacial score (nSPS) is 16.6. The lowest BCUT2D eigenvalue weighted by Crippen LogP contribution is -2.50. The summed E-state index contributed by atoms with van der Waals surface area (Å²) >= 11 is 0. The van der Waals surface area contributed by atoms with Gasteiger partial charge in [-0.3, -0.25) is 0 Å². The third-order valence-corrected chi connectivity index (χ3v) is 3.78. The Bertz CT molecular complexity index is 377. The maximum atomic E-state index is 5.96. The number of hydrogen-bond donors (Lipinski definition) is 1. The Balaban J connectivity index is 2.89. The minimum atomic E-state index is -0.183. The Kier molecular flexibility index (Phi) is 5.94. The zero-order chi connectivity index (χ0) is 14.5. The predicted octanol–water partition coefficient (Wildman–Crippen LogP) is 2.19. The monoisotopic (exact) mass is 268 g/mol. The van der Waals surface area contributed by atoms with Crippen LogP contribution in [0.5, 0.6) is 0 Å². The highest BCUT2D eigenvalue weighted by atomic mass is 16.5. The maximum Gasteiger partial charge on any atom is 0.138 e. The van der Waals surface area contributed by atoms with Crippen molar-refractivity contribution >= 4 is 0 Å². The molecule has 0 spiro atoms. The highest BCUT2D eigenvalue weighted by Gasteiger charge is 2.33. The quantitative estimate of drug-likeness (QED) is 0.785. The Morgan fingerprint density at radius 2 is 2.11 bits per heavy atom. The zero-order valence-electron chi connectivity index (χ0n) is 13.1. The molecule has 5 nitrogen and oxygen atoms in total. The second-order valence-electron chi connectivity index (χ2n) is 5.36. The molecule has 1 rings (SSSR count). The molecule has 2 unspecified atom stereocenters. The molecule has 19 heavy (non-hydrogen) atoms. The fourth-order valence-electron chi connectivity index (χ4n) is 2.44. The molecular formula is C14H28N4O. The summed E-state index contributed by atoms with van der Waals surface area (Å²) < 4.78 is 7.94. The minimum Gasteiger partial charge on any atom is -0.374 e. The third-order valence-electron chi connectivity index (χ3n) is 3.78. The van der Waals surface area contributed by atoms with E-state index in [-0.39, 0.29) is 11.6 Å². The molecule has 0 radical (unpaired) electrons. The van der Waals surface area contributed by atoms with E-state index < -0.39 is 0 Å². The van der Waals surface area contributed by atoms with Crippen molar-refractivity contribution in [1.82, 2.24) is 20.1 Å². The molecule has 5 heteroatoms. The standard InChI is InChI=1S/C14H28N4O/c1-7-14(5,19-8-2)12(15-6)9-13-16-10-17-18(13)11(3)4/h10-12,15H,7-9H2,1-6H3. The van der Waals surface area contributed by atoms with Crippen LogP contribution in [-0.2, 0) is 11.2 Å². The molecule has 1 N–H and O–H groups in total. The molecule has 110 valence electrons. The van der Waals surface area contributed by atoms with Gasteiger partial charge >= 0.3 is 0 Å². The van der Waals surface area contributed by atoms with Crippen LogP contribution in [0, 0.1) is 0 Å². The van der Waals surface area contributed by atoms with Gasteiger partial charge in [-0.1, -0.05) is 6.92 Å².